The van der Waals surface area contributed by atoms with E-state index in [-0.39, 0.29) is 0 Å². The highest BCUT2D eigenvalue weighted by atomic mass is 35.5. The van der Waals surface area contributed by atoms with Crippen LogP contribution in [0.4, 0.5) is 0 Å². The molecule has 0 saturated heterocycles. The lowest BCUT2D eigenvalue weighted by atomic mass is 10.2. The zero-order chi connectivity index (χ0) is 14.1. The van der Waals surface area contributed by atoms with E-state index in [1.165, 1.54) is 0 Å². The van der Waals surface area contributed by atoms with Gasteiger partial charge in [-0.1, -0.05) is 32.4 Å². The topological polar surface area (TPSA) is 43.4 Å². The lowest BCUT2D eigenvalue weighted by Crippen LogP contribution is -2.21. The third-order valence-electron chi connectivity index (χ3n) is 2.39. The lowest BCUT2D eigenvalue weighted by molar-refractivity contribution is 0.0990. The monoisotopic (exact) mass is 286 g/mol. The first-order valence-electron chi connectivity index (χ1n) is 6.71. The molecule has 0 aliphatic carbocycles. The zero-order valence-electron chi connectivity index (χ0n) is 11.9. The molecule has 0 radical (unpaired) electrons. The minimum atomic E-state index is 0.436. The van der Waals surface area contributed by atoms with Crippen molar-refractivity contribution in [1.82, 2.24) is 10.3 Å². The normalized spacial score (nSPS) is 11.0. The third kappa shape index (κ3) is 6.76. The smallest absolute Gasteiger partial charge is 0.232 e. The molecule has 0 bridgehead atoms. The van der Waals surface area contributed by atoms with Gasteiger partial charge in [-0.25, -0.2) is 4.98 Å². The first-order chi connectivity index (χ1) is 9.13. The molecular weight excluding hydrogens is 264 g/mol. The molecular formula is C14H23ClN2O2. The van der Waals surface area contributed by atoms with E-state index in [0.717, 1.165) is 25.1 Å². The predicted molar refractivity (Wildman–Crippen MR) is 77.8 cm³/mol. The molecule has 0 aromatic carbocycles. The van der Waals surface area contributed by atoms with Gasteiger partial charge in [0.2, 0.25) is 5.88 Å². The molecule has 19 heavy (non-hydrogen) atoms. The second kappa shape index (κ2) is 9.13. The molecule has 0 aliphatic rings. The van der Waals surface area contributed by atoms with Gasteiger partial charge in [-0.3, -0.25) is 0 Å². The van der Waals surface area contributed by atoms with Crippen LogP contribution in [-0.4, -0.2) is 30.8 Å². The number of hydrogen-bond donors (Lipinski definition) is 1. The van der Waals surface area contributed by atoms with Crippen LogP contribution >= 0.6 is 11.6 Å². The molecule has 4 nitrogen and oxygen atoms in total. The molecule has 0 spiro atoms. The van der Waals surface area contributed by atoms with Crippen molar-refractivity contribution in [3.8, 4) is 5.88 Å². The lowest BCUT2D eigenvalue weighted by Gasteiger charge is -2.10. The van der Waals surface area contributed by atoms with Crippen LogP contribution in [0.5, 0.6) is 5.88 Å². The van der Waals surface area contributed by atoms with Gasteiger partial charge < -0.3 is 14.8 Å². The molecule has 0 fully saturated rings. The summed E-state index contributed by atoms with van der Waals surface area (Å²) in [5.41, 5.74) is 1.05. The highest BCUT2D eigenvalue weighted by Gasteiger charge is 2.05. The van der Waals surface area contributed by atoms with Gasteiger partial charge >= 0.3 is 0 Å². The van der Waals surface area contributed by atoms with Crippen molar-refractivity contribution in [2.75, 3.05) is 19.8 Å². The number of ether oxygens (including phenoxy) is 2. The zero-order valence-corrected chi connectivity index (χ0v) is 12.7. The van der Waals surface area contributed by atoms with Gasteiger partial charge in [0, 0.05) is 25.4 Å². The predicted octanol–water partition coefficient (Wildman–Crippen LogP) is 3.04. The molecule has 0 aliphatic heterocycles. The van der Waals surface area contributed by atoms with Gasteiger partial charge in [-0.2, -0.15) is 0 Å². The second-order valence-electron chi connectivity index (χ2n) is 4.63. The molecule has 1 rings (SSSR count). The summed E-state index contributed by atoms with van der Waals surface area (Å²) in [4.78, 5) is 4.22. The maximum Gasteiger partial charge on any atom is 0.232 e. The number of pyridine rings is 1. The van der Waals surface area contributed by atoms with Crippen molar-refractivity contribution in [3.05, 3.63) is 22.8 Å². The molecule has 0 atom stereocenters. The summed E-state index contributed by atoms with van der Waals surface area (Å²) in [5, 5.41) is 3.86. The van der Waals surface area contributed by atoms with Gasteiger partial charge in [0.1, 0.15) is 11.6 Å². The summed E-state index contributed by atoms with van der Waals surface area (Å²) in [6, 6.07) is 2.32. The Labute approximate surface area is 120 Å². The van der Waals surface area contributed by atoms with Crippen LogP contribution in [0.3, 0.4) is 0 Å². The summed E-state index contributed by atoms with van der Waals surface area (Å²) in [5.74, 6) is 0.468. The molecule has 1 heterocycles. The van der Waals surface area contributed by atoms with Crippen molar-refractivity contribution < 1.29 is 9.47 Å². The van der Waals surface area contributed by atoms with Crippen LogP contribution in [0, 0.1) is 0 Å². The SMILES string of the molecule is CCCOCCOc1ncc(CNC(C)C)cc1Cl. The van der Waals surface area contributed by atoms with Crippen molar-refractivity contribution in [2.24, 2.45) is 0 Å². The molecule has 1 N–H and O–H groups in total. The fourth-order valence-corrected chi connectivity index (χ4v) is 1.68. The van der Waals surface area contributed by atoms with E-state index < -0.39 is 0 Å². The summed E-state index contributed by atoms with van der Waals surface area (Å²) < 4.78 is 10.8. The highest BCUT2D eigenvalue weighted by Crippen LogP contribution is 2.22. The molecule has 0 amide bonds. The standard InChI is InChI=1S/C14H23ClN2O2/c1-4-5-18-6-7-19-14-13(15)8-12(10-17-14)9-16-11(2)3/h8,10-11,16H,4-7,9H2,1-3H3. The van der Waals surface area contributed by atoms with E-state index in [4.69, 9.17) is 21.1 Å². The number of hydrogen-bond acceptors (Lipinski definition) is 4. The summed E-state index contributed by atoms with van der Waals surface area (Å²) in [7, 11) is 0. The molecule has 5 heteroatoms. The Morgan fingerprint density at radius 3 is 2.74 bits per heavy atom. The molecule has 1 aromatic heterocycles. The van der Waals surface area contributed by atoms with E-state index in [0.29, 0.717) is 30.2 Å². The average molecular weight is 287 g/mol. The van der Waals surface area contributed by atoms with Crippen LogP contribution < -0.4 is 10.1 Å². The Bertz CT molecular complexity index is 372. The average Bonchev–Trinajstić information content (AvgIpc) is 2.38. The third-order valence-corrected chi connectivity index (χ3v) is 2.66. The van der Waals surface area contributed by atoms with Crippen LogP contribution in [-0.2, 0) is 11.3 Å². The van der Waals surface area contributed by atoms with Crippen molar-refractivity contribution >= 4 is 11.6 Å². The Kier molecular flexibility index (Phi) is 7.79. The van der Waals surface area contributed by atoms with Gasteiger partial charge in [-0.15, -0.1) is 0 Å². The number of halogens is 1. The van der Waals surface area contributed by atoms with Gasteiger partial charge in [-0.05, 0) is 18.1 Å². The van der Waals surface area contributed by atoms with Crippen molar-refractivity contribution in [1.29, 1.82) is 0 Å². The number of rotatable bonds is 9. The summed E-state index contributed by atoms with van der Waals surface area (Å²) >= 11 is 6.13. The maximum absolute atomic E-state index is 6.13. The van der Waals surface area contributed by atoms with Gasteiger partial charge in [0.25, 0.3) is 0 Å². The Hall–Kier alpha value is -0.840. The van der Waals surface area contributed by atoms with Crippen molar-refractivity contribution in [2.45, 2.75) is 39.8 Å². The largest absolute Gasteiger partial charge is 0.474 e. The number of nitrogens with one attached hydrogen (secondary N) is 1. The summed E-state index contributed by atoms with van der Waals surface area (Å²) in [6.45, 7) is 8.81. The van der Waals surface area contributed by atoms with Crippen LogP contribution in [0.1, 0.15) is 32.8 Å². The van der Waals surface area contributed by atoms with Crippen molar-refractivity contribution in [3.63, 3.8) is 0 Å². The Morgan fingerprint density at radius 1 is 1.32 bits per heavy atom. The van der Waals surface area contributed by atoms with E-state index in [1.54, 1.807) is 6.20 Å². The minimum Gasteiger partial charge on any atom is -0.474 e. The van der Waals surface area contributed by atoms with Crippen LogP contribution in [0.2, 0.25) is 5.02 Å². The number of aromatic nitrogens is 1. The van der Waals surface area contributed by atoms with Gasteiger partial charge in [0.05, 0.1) is 6.61 Å². The molecule has 0 saturated carbocycles. The second-order valence-corrected chi connectivity index (χ2v) is 5.03. The van der Waals surface area contributed by atoms with Crippen LogP contribution in [0.15, 0.2) is 12.3 Å². The quantitative estimate of drug-likeness (QED) is 0.709. The first kappa shape index (κ1) is 16.2. The van der Waals surface area contributed by atoms with Gasteiger partial charge in [0.15, 0.2) is 0 Å². The maximum atomic E-state index is 6.13. The molecule has 108 valence electrons. The Balaban J connectivity index is 2.39. The fourth-order valence-electron chi connectivity index (χ4n) is 1.43. The first-order valence-corrected chi connectivity index (χ1v) is 7.09. The highest BCUT2D eigenvalue weighted by molar-refractivity contribution is 6.31. The Morgan fingerprint density at radius 2 is 2.11 bits per heavy atom. The van der Waals surface area contributed by atoms with E-state index in [2.05, 4.69) is 31.1 Å². The molecule has 1 aromatic rings. The van der Waals surface area contributed by atoms with Crippen LogP contribution in [0.25, 0.3) is 0 Å². The van der Waals surface area contributed by atoms with E-state index in [1.807, 2.05) is 6.07 Å². The fraction of sp³-hybridized carbons (Fsp3) is 0.643. The van der Waals surface area contributed by atoms with E-state index >= 15 is 0 Å². The van der Waals surface area contributed by atoms with E-state index in [9.17, 15) is 0 Å². The minimum absolute atomic E-state index is 0.436. The molecule has 0 unspecified atom stereocenters. The number of nitrogens with zero attached hydrogens (tertiary/aromatic N) is 1. The summed E-state index contributed by atoms with van der Waals surface area (Å²) in [6.07, 6.45) is 2.79.